The highest BCUT2D eigenvalue weighted by Gasteiger charge is 2.14. The van der Waals surface area contributed by atoms with Crippen LogP contribution in [0.5, 0.6) is 5.75 Å². The minimum absolute atomic E-state index is 0.193. The fourth-order valence-electron chi connectivity index (χ4n) is 1.66. The fourth-order valence-corrected chi connectivity index (χ4v) is 1.78. The van der Waals surface area contributed by atoms with Crippen LogP contribution in [0.25, 0.3) is 0 Å². The van der Waals surface area contributed by atoms with Crippen molar-refractivity contribution in [3.63, 3.8) is 0 Å². The van der Waals surface area contributed by atoms with Gasteiger partial charge in [-0.25, -0.2) is 9.59 Å². The standard InChI is InChI=1S/C13H17N3O5S/c14-11(22)4-2-8(6-17)16-13(21)15-7-1-3-10(18)9(5-7)12(19)20/h1,3,5,8,17-18H,2,4,6H2,(H2,14,22)(H,19,20)(H2,15,16,21). The van der Waals surface area contributed by atoms with Crippen molar-refractivity contribution in [1.29, 1.82) is 0 Å². The maximum Gasteiger partial charge on any atom is 0.339 e. The number of aromatic carboxylic acids is 1. The molecular formula is C13H17N3O5S. The Bertz CT molecular complexity index is 579. The largest absolute Gasteiger partial charge is 0.507 e. The molecule has 120 valence electrons. The number of thiocarbonyl (C=S) groups is 1. The molecule has 1 unspecified atom stereocenters. The number of aromatic hydroxyl groups is 1. The van der Waals surface area contributed by atoms with Crippen LogP contribution in [0.3, 0.4) is 0 Å². The molecule has 0 spiro atoms. The van der Waals surface area contributed by atoms with Crippen molar-refractivity contribution in [3.05, 3.63) is 23.8 Å². The van der Waals surface area contributed by atoms with Gasteiger partial charge in [-0.2, -0.15) is 0 Å². The van der Waals surface area contributed by atoms with E-state index >= 15 is 0 Å². The predicted octanol–water partition coefficient (Wildman–Crippen LogP) is 0.639. The van der Waals surface area contributed by atoms with Gasteiger partial charge in [0.2, 0.25) is 0 Å². The lowest BCUT2D eigenvalue weighted by atomic mass is 10.1. The number of benzene rings is 1. The number of carboxylic acid groups (broad SMARTS) is 1. The van der Waals surface area contributed by atoms with Crippen molar-refractivity contribution >= 4 is 34.9 Å². The summed E-state index contributed by atoms with van der Waals surface area (Å²) in [7, 11) is 0. The molecule has 0 aromatic heterocycles. The molecule has 0 saturated carbocycles. The van der Waals surface area contributed by atoms with Crippen molar-refractivity contribution in [2.24, 2.45) is 5.73 Å². The molecule has 0 aliphatic rings. The molecule has 0 fully saturated rings. The SMILES string of the molecule is NC(=S)CCC(CO)NC(=O)Nc1ccc(O)c(C(=O)O)c1. The Morgan fingerprint density at radius 3 is 2.59 bits per heavy atom. The van der Waals surface area contributed by atoms with Crippen LogP contribution in [0.2, 0.25) is 0 Å². The van der Waals surface area contributed by atoms with E-state index in [9.17, 15) is 14.7 Å². The minimum atomic E-state index is -1.31. The first kappa shape index (κ1) is 17.7. The number of aliphatic hydroxyl groups is 1. The van der Waals surface area contributed by atoms with Crippen molar-refractivity contribution in [3.8, 4) is 5.75 Å². The Hall–Kier alpha value is -2.39. The molecule has 0 heterocycles. The molecule has 0 aliphatic heterocycles. The zero-order valence-electron chi connectivity index (χ0n) is 11.6. The van der Waals surface area contributed by atoms with Crippen molar-refractivity contribution in [1.82, 2.24) is 5.32 Å². The third-order valence-electron chi connectivity index (χ3n) is 2.78. The van der Waals surface area contributed by atoms with Gasteiger partial charge >= 0.3 is 12.0 Å². The number of carbonyl (C=O) groups is 2. The van der Waals surface area contributed by atoms with Gasteiger partial charge in [0, 0.05) is 5.69 Å². The van der Waals surface area contributed by atoms with Crippen LogP contribution < -0.4 is 16.4 Å². The number of carbonyl (C=O) groups excluding carboxylic acids is 1. The highest BCUT2D eigenvalue weighted by atomic mass is 32.1. The highest BCUT2D eigenvalue weighted by molar-refractivity contribution is 7.80. The monoisotopic (exact) mass is 327 g/mol. The van der Waals surface area contributed by atoms with Crippen LogP contribution in [0.1, 0.15) is 23.2 Å². The number of hydrogen-bond donors (Lipinski definition) is 6. The van der Waals surface area contributed by atoms with Gasteiger partial charge in [0.25, 0.3) is 0 Å². The van der Waals surface area contributed by atoms with Crippen LogP contribution in [-0.2, 0) is 0 Å². The summed E-state index contributed by atoms with van der Waals surface area (Å²) >= 11 is 4.72. The van der Waals surface area contributed by atoms with Crippen LogP contribution in [0.4, 0.5) is 10.5 Å². The number of hydrogen-bond acceptors (Lipinski definition) is 5. The number of aliphatic hydroxyl groups excluding tert-OH is 1. The van der Waals surface area contributed by atoms with Gasteiger partial charge in [-0.05, 0) is 31.0 Å². The van der Waals surface area contributed by atoms with Gasteiger partial charge in [-0.1, -0.05) is 12.2 Å². The molecular weight excluding hydrogens is 310 g/mol. The van der Waals surface area contributed by atoms with E-state index in [1.807, 2.05) is 0 Å². The van der Waals surface area contributed by atoms with Crippen LogP contribution in [0.15, 0.2) is 18.2 Å². The lowest BCUT2D eigenvalue weighted by Crippen LogP contribution is -2.40. The van der Waals surface area contributed by atoms with E-state index in [-0.39, 0.29) is 22.8 Å². The number of carboxylic acids is 1. The summed E-state index contributed by atoms with van der Waals surface area (Å²) in [6.45, 7) is -0.286. The van der Waals surface area contributed by atoms with Gasteiger partial charge < -0.3 is 31.7 Å². The minimum Gasteiger partial charge on any atom is -0.507 e. The summed E-state index contributed by atoms with van der Waals surface area (Å²) in [5.41, 5.74) is 5.22. The number of anilines is 1. The van der Waals surface area contributed by atoms with E-state index < -0.39 is 23.8 Å². The second-order valence-corrected chi connectivity index (χ2v) is 5.04. The van der Waals surface area contributed by atoms with E-state index in [1.165, 1.54) is 6.07 Å². The topological polar surface area (TPSA) is 145 Å². The number of amides is 2. The number of nitrogens with one attached hydrogen (secondary N) is 2. The zero-order chi connectivity index (χ0) is 16.7. The smallest absolute Gasteiger partial charge is 0.339 e. The second kappa shape index (κ2) is 8.15. The van der Waals surface area contributed by atoms with E-state index in [1.54, 1.807) is 0 Å². The summed E-state index contributed by atoms with van der Waals surface area (Å²) in [5, 5.41) is 32.4. The van der Waals surface area contributed by atoms with Crippen molar-refractivity contribution in [2.45, 2.75) is 18.9 Å². The highest BCUT2D eigenvalue weighted by Crippen LogP contribution is 2.21. The fraction of sp³-hybridized carbons (Fsp3) is 0.308. The summed E-state index contributed by atoms with van der Waals surface area (Å²) in [6, 6.07) is 2.49. The predicted molar refractivity (Wildman–Crippen MR) is 84.1 cm³/mol. The maximum absolute atomic E-state index is 11.8. The molecule has 1 atom stereocenters. The zero-order valence-corrected chi connectivity index (χ0v) is 12.4. The van der Waals surface area contributed by atoms with Crippen molar-refractivity contribution < 1.29 is 24.9 Å². The molecule has 1 aromatic rings. The number of urea groups is 1. The molecule has 22 heavy (non-hydrogen) atoms. The Morgan fingerprint density at radius 1 is 1.36 bits per heavy atom. The lowest BCUT2D eigenvalue weighted by Gasteiger charge is -2.16. The Labute approximate surface area is 131 Å². The van der Waals surface area contributed by atoms with E-state index in [0.29, 0.717) is 12.8 Å². The molecule has 8 nitrogen and oxygen atoms in total. The van der Waals surface area contributed by atoms with Gasteiger partial charge in [-0.3, -0.25) is 0 Å². The first-order valence-corrected chi connectivity index (χ1v) is 6.77. The second-order valence-electron chi connectivity index (χ2n) is 4.52. The van der Waals surface area contributed by atoms with Gasteiger partial charge in [-0.15, -0.1) is 0 Å². The number of nitrogens with two attached hydrogens (primary N) is 1. The van der Waals surface area contributed by atoms with Gasteiger partial charge in [0.05, 0.1) is 17.6 Å². The van der Waals surface area contributed by atoms with Gasteiger partial charge in [0.1, 0.15) is 11.3 Å². The Kier molecular flexibility index (Phi) is 6.54. The summed E-state index contributed by atoms with van der Waals surface area (Å²) in [5.74, 6) is -1.71. The molecule has 0 bridgehead atoms. The molecule has 7 N–H and O–H groups in total. The Morgan fingerprint density at radius 2 is 2.05 bits per heavy atom. The molecule has 2 amide bonds. The molecule has 0 radical (unpaired) electrons. The lowest BCUT2D eigenvalue weighted by molar-refractivity contribution is 0.0693. The molecule has 0 aliphatic carbocycles. The normalized spacial score (nSPS) is 11.5. The maximum atomic E-state index is 11.8. The summed E-state index contributed by atoms with van der Waals surface area (Å²) in [4.78, 5) is 23.0. The van der Waals surface area contributed by atoms with Gasteiger partial charge in [0.15, 0.2) is 0 Å². The third-order valence-corrected chi connectivity index (χ3v) is 2.98. The first-order chi connectivity index (χ1) is 10.3. The number of phenols is 1. The van der Waals surface area contributed by atoms with Crippen LogP contribution in [0, 0.1) is 0 Å². The average molecular weight is 327 g/mol. The summed E-state index contributed by atoms with van der Waals surface area (Å²) in [6.07, 6.45) is 0.762. The first-order valence-electron chi connectivity index (χ1n) is 6.36. The van der Waals surface area contributed by atoms with E-state index in [4.69, 9.17) is 28.2 Å². The third kappa shape index (κ3) is 5.54. The van der Waals surface area contributed by atoms with E-state index in [0.717, 1.165) is 12.1 Å². The molecule has 1 aromatic carbocycles. The van der Waals surface area contributed by atoms with E-state index in [2.05, 4.69) is 10.6 Å². The molecule has 0 saturated heterocycles. The Balaban J connectivity index is 2.66. The van der Waals surface area contributed by atoms with Crippen molar-refractivity contribution in [2.75, 3.05) is 11.9 Å². The quantitative estimate of drug-likeness (QED) is 0.318. The van der Waals surface area contributed by atoms with Crippen LogP contribution in [-0.4, -0.2) is 45.0 Å². The molecule has 1 rings (SSSR count). The molecule has 9 heteroatoms. The van der Waals surface area contributed by atoms with Crippen LogP contribution >= 0.6 is 12.2 Å². The number of rotatable bonds is 7. The average Bonchev–Trinajstić information content (AvgIpc) is 2.45. The summed E-state index contributed by atoms with van der Waals surface area (Å²) < 4.78 is 0.